The molecule has 0 atom stereocenters. The van der Waals surface area contributed by atoms with Crippen LogP contribution in [0.3, 0.4) is 0 Å². The molecule has 0 fully saturated rings. The summed E-state index contributed by atoms with van der Waals surface area (Å²) in [4.78, 5) is 15.9. The van der Waals surface area contributed by atoms with Crippen LogP contribution in [0, 0.1) is 6.92 Å². The molecule has 4 heteroatoms. The van der Waals surface area contributed by atoms with Gasteiger partial charge in [0.15, 0.2) is 0 Å². The highest BCUT2D eigenvalue weighted by Crippen LogP contribution is 2.07. The third-order valence-corrected chi connectivity index (χ3v) is 2.33. The Morgan fingerprint density at radius 1 is 1.44 bits per heavy atom. The molecule has 2 rings (SSSR count). The summed E-state index contributed by atoms with van der Waals surface area (Å²) in [5.74, 6) is 0.407. The highest BCUT2D eigenvalue weighted by molar-refractivity contribution is 6.03. The molecule has 1 aromatic carbocycles. The van der Waals surface area contributed by atoms with Crippen LogP contribution >= 0.6 is 0 Å². The van der Waals surface area contributed by atoms with Crippen LogP contribution in [0.15, 0.2) is 36.7 Å². The number of carbonyl (C=O) groups excluding carboxylic acids is 1. The predicted molar refractivity (Wildman–Crippen MR) is 62.3 cm³/mol. The van der Waals surface area contributed by atoms with Crippen LogP contribution < -0.4 is 5.32 Å². The van der Waals surface area contributed by atoms with E-state index in [0.717, 1.165) is 5.56 Å². The van der Waals surface area contributed by atoms with Gasteiger partial charge in [-0.3, -0.25) is 10.1 Å². The van der Waals surface area contributed by atoms with Gasteiger partial charge in [0, 0.05) is 25.0 Å². The number of aryl methyl sites for hydroxylation is 2. The van der Waals surface area contributed by atoms with E-state index >= 15 is 0 Å². The van der Waals surface area contributed by atoms with E-state index in [4.69, 9.17) is 0 Å². The van der Waals surface area contributed by atoms with Crippen molar-refractivity contribution >= 4 is 11.9 Å². The van der Waals surface area contributed by atoms with E-state index in [1.165, 1.54) is 0 Å². The smallest absolute Gasteiger partial charge is 0.257 e. The van der Waals surface area contributed by atoms with Crippen molar-refractivity contribution in [3.8, 4) is 0 Å². The highest BCUT2D eigenvalue weighted by atomic mass is 16.1. The highest BCUT2D eigenvalue weighted by Gasteiger charge is 2.08. The number of nitrogens with one attached hydrogen (secondary N) is 1. The maximum absolute atomic E-state index is 11.9. The minimum Gasteiger partial charge on any atom is -0.320 e. The topological polar surface area (TPSA) is 46.9 Å². The van der Waals surface area contributed by atoms with Crippen molar-refractivity contribution in [1.82, 2.24) is 9.55 Å². The van der Waals surface area contributed by atoms with Crippen LogP contribution in [0.4, 0.5) is 5.95 Å². The molecule has 1 heterocycles. The number of aromatic nitrogens is 2. The molecular formula is C12H13N3O. The third-order valence-electron chi connectivity index (χ3n) is 2.33. The molecule has 0 unspecified atom stereocenters. The Kier molecular flexibility index (Phi) is 2.72. The van der Waals surface area contributed by atoms with E-state index in [2.05, 4.69) is 10.3 Å². The van der Waals surface area contributed by atoms with Crippen molar-refractivity contribution in [2.45, 2.75) is 6.92 Å². The Balaban J connectivity index is 2.18. The lowest BCUT2D eigenvalue weighted by Gasteiger charge is -2.05. The van der Waals surface area contributed by atoms with Crippen LogP contribution in [0.1, 0.15) is 15.9 Å². The molecule has 1 aromatic heterocycles. The number of anilines is 1. The first-order valence-electron chi connectivity index (χ1n) is 5.02. The molecule has 0 bridgehead atoms. The molecule has 1 N–H and O–H groups in total. The largest absolute Gasteiger partial charge is 0.320 e. The van der Waals surface area contributed by atoms with Gasteiger partial charge >= 0.3 is 0 Å². The van der Waals surface area contributed by atoms with Crippen molar-refractivity contribution in [3.63, 3.8) is 0 Å². The van der Waals surface area contributed by atoms with Gasteiger partial charge in [-0.05, 0) is 19.1 Å². The SMILES string of the molecule is Cc1cccc(C(=O)Nc2nccn2C)c1. The second-order valence-electron chi connectivity index (χ2n) is 3.69. The molecule has 0 aliphatic heterocycles. The van der Waals surface area contributed by atoms with Gasteiger partial charge in [-0.1, -0.05) is 17.7 Å². The standard InChI is InChI=1S/C12H13N3O/c1-9-4-3-5-10(8-9)11(16)14-12-13-6-7-15(12)2/h3-8H,1-2H3,(H,13,14,16). The maximum Gasteiger partial charge on any atom is 0.257 e. The number of imidazole rings is 1. The van der Waals surface area contributed by atoms with E-state index in [1.54, 1.807) is 23.0 Å². The number of amides is 1. The molecule has 0 saturated carbocycles. The minimum absolute atomic E-state index is 0.141. The molecule has 0 spiro atoms. The molecule has 0 saturated heterocycles. The van der Waals surface area contributed by atoms with E-state index in [1.807, 2.05) is 32.2 Å². The molecule has 82 valence electrons. The number of carbonyl (C=O) groups is 1. The van der Waals surface area contributed by atoms with Gasteiger partial charge in [-0.2, -0.15) is 0 Å². The zero-order valence-corrected chi connectivity index (χ0v) is 9.27. The summed E-state index contributed by atoms with van der Waals surface area (Å²) in [6.07, 6.45) is 3.43. The van der Waals surface area contributed by atoms with Crippen LogP contribution in [-0.2, 0) is 7.05 Å². The van der Waals surface area contributed by atoms with Gasteiger partial charge in [0.25, 0.3) is 5.91 Å². The van der Waals surface area contributed by atoms with Crippen LogP contribution in [-0.4, -0.2) is 15.5 Å². The lowest BCUT2D eigenvalue weighted by Crippen LogP contribution is -2.14. The van der Waals surface area contributed by atoms with E-state index < -0.39 is 0 Å². The van der Waals surface area contributed by atoms with E-state index in [-0.39, 0.29) is 5.91 Å². The monoisotopic (exact) mass is 215 g/mol. The van der Waals surface area contributed by atoms with Gasteiger partial charge in [0.2, 0.25) is 5.95 Å². The summed E-state index contributed by atoms with van der Waals surface area (Å²) in [5.41, 5.74) is 1.70. The molecule has 4 nitrogen and oxygen atoms in total. The summed E-state index contributed by atoms with van der Waals surface area (Å²) >= 11 is 0. The minimum atomic E-state index is -0.141. The maximum atomic E-state index is 11.9. The number of benzene rings is 1. The van der Waals surface area contributed by atoms with E-state index in [0.29, 0.717) is 11.5 Å². The number of rotatable bonds is 2. The molecule has 0 radical (unpaired) electrons. The van der Waals surface area contributed by atoms with E-state index in [9.17, 15) is 4.79 Å². The second kappa shape index (κ2) is 4.18. The first kappa shape index (κ1) is 10.4. The lowest BCUT2D eigenvalue weighted by atomic mass is 10.1. The first-order chi connectivity index (χ1) is 7.66. The quantitative estimate of drug-likeness (QED) is 0.832. The fraction of sp³-hybridized carbons (Fsp3) is 0.167. The lowest BCUT2D eigenvalue weighted by molar-refractivity contribution is 0.102. The van der Waals surface area contributed by atoms with Crippen molar-refractivity contribution in [3.05, 3.63) is 47.8 Å². The first-order valence-corrected chi connectivity index (χ1v) is 5.02. The second-order valence-corrected chi connectivity index (χ2v) is 3.69. The molecular weight excluding hydrogens is 202 g/mol. The zero-order valence-electron chi connectivity index (χ0n) is 9.27. The van der Waals surface area contributed by atoms with Crippen LogP contribution in [0.2, 0.25) is 0 Å². The van der Waals surface area contributed by atoms with Gasteiger partial charge < -0.3 is 4.57 Å². The number of hydrogen-bond donors (Lipinski definition) is 1. The Hall–Kier alpha value is -2.10. The average Bonchev–Trinajstić information content (AvgIpc) is 2.64. The van der Waals surface area contributed by atoms with Crippen molar-refractivity contribution in [1.29, 1.82) is 0 Å². The van der Waals surface area contributed by atoms with Gasteiger partial charge in [0.1, 0.15) is 0 Å². The molecule has 16 heavy (non-hydrogen) atoms. The van der Waals surface area contributed by atoms with Gasteiger partial charge in [0.05, 0.1) is 0 Å². The Morgan fingerprint density at radius 3 is 2.88 bits per heavy atom. The predicted octanol–water partition coefficient (Wildman–Crippen LogP) is 1.98. The Labute approximate surface area is 93.9 Å². The molecule has 0 aliphatic rings. The Bertz CT molecular complexity index is 516. The summed E-state index contributed by atoms with van der Waals surface area (Å²) in [7, 11) is 1.83. The zero-order chi connectivity index (χ0) is 11.5. The van der Waals surface area contributed by atoms with Crippen LogP contribution in [0.25, 0.3) is 0 Å². The van der Waals surface area contributed by atoms with Gasteiger partial charge in [-0.25, -0.2) is 4.98 Å². The fourth-order valence-corrected chi connectivity index (χ4v) is 1.45. The summed E-state index contributed by atoms with van der Waals surface area (Å²) in [6.45, 7) is 1.96. The summed E-state index contributed by atoms with van der Waals surface area (Å²) in [6, 6.07) is 7.45. The van der Waals surface area contributed by atoms with Crippen molar-refractivity contribution in [2.24, 2.45) is 7.05 Å². The molecule has 2 aromatic rings. The number of hydrogen-bond acceptors (Lipinski definition) is 2. The average molecular weight is 215 g/mol. The molecule has 1 amide bonds. The fourth-order valence-electron chi connectivity index (χ4n) is 1.45. The Morgan fingerprint density at radius 2 is 2.25 bits per heavy atom. The van der Waals surface area contributed by atoms with Crippen LogP contribution in [0.5, 0.6) is 0 Å². The summed E-state index contributed by atoms with van der Waals surface area (Å²) in [5, 5.41) is 2.75. The number of nitrogens with zero attached hydrogens (tertiary/aromatic N) is 2. The summed E-state index contributed by atoms with van der Waals surface area (Å²) < 4.78 is 1.76. The van der Waals surface area contributed by atoms with Gasteiger partial charge in [-0.15, -0.1) is 0 Å². The van der Waals surface area contributed by atoms with Crippen molar-refractivity contribution < 1.29 is 4.79 Å². The third kappa shape index (κ3) is 2.11. The molecule has 0 aliphatic carbocycles. The normalized spacial score (nSPS) is 10.1. The van der Waals surface area contributed by atoms with Crippen molar-refractivity contribution in [2.75, 3.05) is 5.32 Å².